The lowest BCUT2D eigenvalue weighted by atomic mass is 10.1. The lowest BCUT2D eigenvalue weighted by molar-refractivity contribution is 0.0747. The van der Waals surface area contributed by atoms with Crippen LogP contribution >= 0.6 is 0 Å². The molecule has 0 spiro atoms. The Bertz CT molecular complexity index is 543. The molecule has 0 aliphatic heterocycles. The highest BCUT2D eigenvalue weighted by atomic mass is 16.2. The van der Waals surface area contributed by atoms with Gasteiger partial charge in [0.1, 0.15) is 0 Å². The van der Waals surface area contributed by atoms with Gasteiger partial charge < -0.3 is 10.2 Å². The minimum absolute atomic E-state index is 0.0510. The second-order valence-electron chi connectivity index (χ2n) is 5.61. The van der Waals surface area contributed by atoms with Crippen LogP contribution in [-0.2, 0) is 0 Å². The van der Waals surface area contributed by atoms with Gasteiger partial charge in [-0.15, -0.1) is 0 Å². The van der Waals surface area contributed by atoms with Crippen LogP contribution in [0, 0.1) is 18.3 Å². The van der Waals surface area contributed by atoms with Crippen molar-refractivity contribution in [3.63, 3.8) is 0 Å². The molecule has 2 rings (SSSR count). The third kappa shape index (κ3) is 3.98. The second kappa shape index (κ2) is 7.12. The van der Waals surface area contributed by atoms with Crippen LogP contribution in [-0.4, -0.2) is 29.9 Å². The zero-order chi connectivity index (χ0) is 15.2. The molecule has 0 unspecified atom stereocenters. The normalized spacial score (nSPS) is 13.6. The van der Waals surface area contributed by atoms with Crippen LogP contribution in [0.15, 0.2) is 18.2 Å². The molecule has 0 heterocycles. The largest absolute Gasteiger partial charge is 0.384 e. The molecule has 1 aliphatic rings. The number of carbonyl (C=O) groups is 1. The predicted octanol–water partition coefficient (Wildman–Crippen LogP) is 3.34. The fraction of sp³-hybridized carbons (Fsp3) is 0.529. The van der Waals surface area contributed by atoms with Crippen LogP contribution in [0.25, 0.3) is 0 Å². The van der Waals surface area contributed by atoms with Gasteiger partial charge in [-0.1, -0.05) is 18.6 Å². The molecule has 1 amide bonds. The van der Waals surface area contributed by atoms with E-state index in [0.717, 1.165) is 42.6 Å². The minimum Gasteiger partial charge on any atom is -0.384 e. The summed E-state index contributed by atoms with van der Waals surface area (Å²) in [6.07, 6.45) is 3.52. The molecule has 1 saturated carbocycles. The van der Waals surface area contributed by atoms with Crippen molar-refractivity contribution in [1.29, 1.82) is 5.26 Å². The number of benzene rings is 1. The van der Waals surface area contributed by atoms with Gasteiger partial charge in [0.25, 0.3) is 5.91 Å². The van der Waals surface area contributed by atoms with Gasteiger partial charge in [0.2, 0.25) is 0 Å². The topological polar surface area (TPSA) is 56.1 Å². The van der Waals surface area contributed by atoms with Gasteiger partial charge in [-0.3, -0.25) is 4.79 Å². The number of nitrogens with one attached hydrogen (secondary N) is 1. The maximum Gasteiger partial charge on any atom is 0.256 e. The number of amides is 1. The Kier molecular flexibility index (Phi) is 5.21. The van der Waals surface area contributed by atoms with Gasteiger partial charge in [0.05, 0.1) is 18.1 Å². The maximum atomic E-state index is 12.8. The first-order chi connectivity index (χ1) is 10.2. The first kappa shape index (κ1) is 15.4. The van der Waals surface area contributed by atoms with Crippen LogP contribution in [0.2, 0.25) is 0 Å². The maximum absolute atomic E-state index is 12.8. The fourth-order valence-electron chi connectivity index (χ4n) is 2.41. The quantitative estimate of drug-likeness (QED) is 0.836. The monoisotopic (exact) mass is 285 g/mol. The Morgan fingerprint density at radius 2 is 2.24 bits per heavy atom. The van der Waals surface area contributed by atoms with Crippen LogP contribution in [0.3, 0.4) is 0 Å². The summed E-state index contributed by atoms with van der Waals surface area (Å²) >= 11 is 0. The number of anilines is 1. The Morgan fingerprint density at radius 1 is 1.48 bits per heavy atom. The van der Waals surface area contributed by atoms with Gasteiger partial charge in [0, 0.05) is 24.8 Å². The highest BCUT2D eigenvalue weighted by Crippen LogP contribution is 2.30. The second-order valence-corrected chi connectivity index (χ2v) is 5.61. The van der Waals surface area contributed by atoms with E-state index in [9.17, 15) is 4.79 Å². The number of nitriles is 1. The van der Waals surface area contributed by atoms with Crippen molar-refractivity contribution in [2.75, 3.05) is 18.4 Å². The van der Waals surface area contributed by atoms with Crippen LogP contribution in [0.5, 0.6) is 0 Å². The lowest BCUT2D eigenvalue weighted by Gasteiger charge is -2.23. The molecule has 0 atom stereocenters. The van der Waals surface area contributed by atoms with E-state index < -0.39 is 0 Å². The van der Waals surface area contributed by atoms with Crippen LogP contribution in [0.1, 0.15) is 48.5 Å². The zero-order valence-electron chi connectivity index (χ0n) is 12.9. The number of aryl methyl sites for hydroxylation is 1. The number of rotatable bonds is 7. The average Bonchev–Trinajstić information content (AvgIpc) is 3.31. The van der Waals surface area contributed by atoms with E-state index in [1.165, 1.54) is 0 Å². The molecule has 1 aromatic carbocycles. The van der Waals surface area contributed by atoms with E-state index in [-0.39, 0.29) is 5.91 Å². The van der Waals surface area contributed by atoms with E-state index in [4.69, 9.17) is 5.26 Å². The lowest BCUT2D eigenvalue weighted by Crippen LogP contribution is -2.34. The molecule has 0 bridgehead atoms. The summed E-state index contributed by atoms with van der Waals surface area (Å²) < 4.78 is 0. The van der Waals surface area contributed by atoms with E-state index >= 15 is 0 Å². The number of nitrogens with zero attached hydrogens (tertiary/aromatic N) is 2. The highest BCUT2D eigenvalue weighted by Gasteiger charge is 2.33. The Hall–Kier alpha value is -2.02. The van der Waals surface area contributed by atoms with Gasteiger partial charge >= 0.3 is 0 Å². The summed E-state index contributed by atoms with van der Waals surface area (Å²) in [5.41, 5.74) is 2.71. The van der Waals surface area contributed by atoms with Gasteiger partial charge in [-0.05, 0) is 38.3 Å². The summed E-state index contributed by atoms with van der Waals surface area (Å²) in [7, 11) is 0. The Balaban J connectivity index is 2.23. The van der Waals surface area contributed by atoms with Crippen molar-refractivity contribution in [3.8, 4) is 6.07 Å². The van der Waals surface area contributed by atoms with Crippen molar-refractivity contribution in [3.05, 3.63) is 29.3 Å². The van der Waals surface area contributed by atoms with E-state index in [1.807, 2.05) is 30.0 Å². The summed E-state index contributed by atoms with van der Waals surface area (Å²) in [5, 5.41) is 12.1. The molecule has 1 aromatic rings. The summed E-state index contributed by atoms with van der Waals surface area (Å²) in [6, 6.07) is 8.41. The molecule has 1 fully saturated rings. The van der Waals surface area contributed by atoms with Crippen LogP contribution in [0.4, 0.5) is 5.69 Å². The molecule has 0 radical (unpaired) electrons. The van der Waals surface area contributed by atoms with Crippen LogP contribution < -0.4 is 5.32 Å². The van der Waals surface area contributed by atoms with Crippen molar-refractivity contribution in [1.82, 2.24) is 4.90 Å². The third-order valence-electron chi connectivity index (χ3n) is 3.68. The molecule has 112 valence electrons. The number of carbonyl (C=O) groups excluding carboxylic acids is 1. The molecule has 1 N–H and O–H groups in total. The molecule has 0 saturated heterocycles. The Labute approximate surface area is 126 Å². The first-order valence-electron chi connectivity index (χ1n) is 7.69. The first-order valence-corrected chi connectivity index (χ1v) is 7.69. The molecular formula is C17H23N3O. The molecule has 21 heavy (non-hydrogen) atoms. The summed E-state index contributed by atoms with van der Waals surface area (Å²) in [5.74, 6) is 0.0510. The van der Waals surface area contributed by atoms with Gasteiger partial charge in [0.15, 0.2) is 0 Å². The van der Waals surface area contributed by atoms with Crippen molar-refractivity contribution >= 4 is 11.6 Å². The molecule has 0 aromatic heterocycles. The van der Waals surface area contributed by atoms with E-state index in [0.29, 0.717) is 19.0 Å². The van der Waals surface area contributed by atoms with Crippen molar-refractivity contribution in [2.24, 2.45) is 0 Å². The average molecular weight is 285 g/mol. The minimum atomic E-state index is 0.0510. The van der Waals surface area contributed by atoms with E-state index in [2.05, 4.69) is 18.3 Å². The molecule has 1 aliphatic carbocycles. The van der Waals surface area contributed by atoms with Gasteiger partial charge in [-0.2, -0.15) is 5.26 Å². The van der Waals surface area contributed by atoms with E-state index in [1.54, 1.807) is 0 Å². The number of hydrogen-bond acceptors (Lipinski definition) is 3. The standard InChI is InChI=1S/C17H23N3O/c1-3-10-19-16-8-5-13(2)12-15(16)17(21)20(11-4-9-18)14-6-7-14/h5,8,12,14,19H,3-4,6-7,10-11H2,1-2H3. The Morgan fingerprint density at radius 3 is 2.86 bits per heavy atom. The highest BCUT2D eigenvalue weighted by molar-refractivity contribution is 6.00. The molecule has 4 nitrogen and oxygen atoms in total. The van der Waals surface area contributed by atoms with Crippen molar-refractivity contribution < 1.29 is 4.79 Å². The SMILES string of the molecule is CCCNc1ccc(C)cc1C(=O)N(CCC#N)C1CC1. The summed E-state index contributed by atoms with van der Waals surface area (Å²) in [6.45, 7) is 5.48. The summed E-state index contributed by atoms with van der Waals surface area (Å²) in [4.78, 5) is 14.7. The smallest absolute Gasteiger partial charge is 0.256 e. The molecular weight excluding hydrogens is 262 g/mol. The van der Waals surface area contributed by atoms with Crippen molar-refractivity contribution in [2.45, 2.75) is 45.6 Å². The number of hydrogen-bond donors (Lipinski definition) is 1. The zero-order valence-corrected chi connectivity index (χ0v) is 12.9. The fourth-order valence-corrected chi connectivity index (χ4v) is 2.41. The molecule has 4 heteroatoms. The third-order valence-corrected chi connectivity index (χ3v) is 3.68. The van der Waals surface area contributed by atoms with Gasteiger partial charge in [-0.25, -0.2) is 0 Å². The predicted molar refractivity (Wildman–Crippen MR) is 84.2 cm³/mol.